The second-order valence-electron chi connectivity index (χ2n) is 6.62. The number of benzene rings is 1. The van der Waals surface area contributed by atoms with Gasteiger partial charge in [-0.15, -0.1) is 0 Å². The molecule has 2 saturated heterocycles. The Morgan fingerprint density at radius 3 is 3.00 bits per heavy atom. The van der Waals surface area contributed by atoms with Crippen molar-refractivity contribution in [1.29, 1.82) is 0 Å². The number of piperidine rings is 1. The predicted molar refractivity (Wildman–Crippen MR) is 92.7 cm³/mol. The van der Waals surface area contributed by atoms with Gasteiger partial charge in [-0.25, -0.2) is 0 Å². The number of amides is 2. The van der Waals surface area contributed by atoms with Crippen molar-refractivity contribution in [1.82, 2.24) is 5.32 Å². The standard InChI is InChI=1S/C19H26N2O3/c22-18(10-9-17-7-4-12-24-17)20-14-15-5-3-6-16(13-15)21-11-2-1-8-19(21)23/h3,5-6,13,17H,1-2,4,7-12,14H2,(H,20,22)/t17-/m0/s1. The first kappa shape index (κ1) is 17.0. The van der Waals surface area contributed by atoms with Crippen molar-refractivity contribution in [3.63, 3.8) is 0 Å². The highest BCUT2D eigenvalue weighted by Crippen LogP contribution is 2.22. The number of hydrogen-bond donors (Lipinski definition) is 1. The van der Waals surface area contributed by atoms with Crippen molar-refractivity contribution in [2.75, 3.05) is 18.1 Å². The zero-order valence-electron chi connectivity index (χ0n) is 14.1. The molecule has 1 aromatic carbocycles. The van der Waals surface area contributed by atoms with Gasteiger partial charge in [-0.1, -0.05) is 12.1 Å². The van der Waals surface area contributed by atoms with Crippen LogP contribution in [0.5, 0.6) is 0 Å². The molecule has 130 valence electrons. The Morgan fingerprint density at radius 2 is 2.21 bits per heavy atom. The lowest BCUT2D eigenvalue weighted by Crippen LogP contribution is -2.35. The van der Waals surface area contributed by atoms with E-state index in [1.54, 1.807) is 0 Å². The van der Waals surface area contributed by atoms with Crippen LogP contribution in [0.3, 0.4) is 0 Å². The summed E-state index contributed by atoms with van der Waals surface area (Å²) in [5.74, 6) is 0.254. The SMILES string of the molecule is O=C(CC[C@@H]1CCCO1)NCc1cccc(N2CCCCC2=O)c1. The Hall–Kier alpha value is -1.88. The van der Waals surface area contributed by atoms with Crippen LogP contribution in [0.15, 0.2) is 24.3 Å². The zero-order chi connectivity index (χ0) is 16.8. The summed E-state index contributed by atoms with van der Waals surface area (Å²) in [6.07, 6.45) is 6.40. The summed E-state index contributed by atoms with van der Waals surface area (Å²) in [5, 5.41) is 2.97. The first-order valence-electron chi connectivity index (χ1n) is 9.00. The van der Waals surface area contributed by atoms with Crippen molar-refractivity contribution in [2.24, 2.45) is 0 Å². The summed E-state index contributed by atoms with van der Waals surface area (Å²) in [5.41, 5.74) is 1.96. The third-order valence-electron chi connectivity index (χ3n) is 4.75. The maximum atomic E-state index is 12.0. The summed E-state index contributed by atoms with van der Waals surface area (Å²) in [7, 11) is 0. The van der Waals surface area contributed by atoms with E-state index >= 15 is 0 Å². The van der Waals surface area contributed by atoms with Gasteiger partial charge in [-0.2, -0.15) is 0 Å². The van der Waals surface area contributed by atoms with Gasteiger partial charge in [0.1, 0.15) is 0 Å². The Morgan fingerprint density at radius 1 is 1.29 bits per heavy atom. The van der Waals surface area contributed by atoms with Gasteiger partial charge in [0, 0.05) is 38.2 Å². The second kappa shape index (κ2) is 8.29. The van der Waals surface area contributed by atoms with E-state index in [4.69, 9.17) is 4.74 Å². The largest absolute Gasteiger partial charge is 0.378 e. The number of nitrogens with one attached hydrogen (secondary N) is 1. The molecule has 0 aromatic heterocycles. The summed E-state index contributed by atoms with van der Waals surface area (Å²) < 4.78 is 5.54. The zero-order valence-corrected chi connectivity index (χ0v) is 14.1. The van der Waals surface area contributed by atoms with E-state index in [0.717, 1.165) is 56.5 Å². The molecule has 0 spiro atoms. The van der Waals surface area contributed by atoms with Crippen LogP contribution >= 0.6 is 0 Å². The van der Waals surface area contributed by atoms with Gasteiger partial charge in [-0.3, -0.25) is 9.59 Å². The van der Waals surface area contributed by atoms with Gasteiger partial charge in [0.2, 0.25) is 11.8 Å². The molecule has 0 aliphatic carbocycles. The van der Waals surface area contributed by atoms with E-state index in [1.807, 2.05) is 29.2 Å². The maximum Gasteiger partial charge on any atom is 0.226 e. The average Bonchev–Trinajstić information content (AvgIpc) is 3.12. The smallest absolute Gasteiger partial charge is 0.226 e. The van der Waals surface area contributed by atoms with Gasteiger partial charge in [0.05, 0.1) is 6.10 Å². The monoisotopic (exact) mass is 330 g/mol. The number of carbonyl (C=O) groups is 2. The van der Waals surface area contributed by atoms with Crippen LogP contribution in [-0.4, -0.2) is 31.1 Å². The van der Waals surface area contributed by atoms with E-state index in [2.05, 4.69) is 5.32 Å². The van der Waals surface area contributed by atoms with Gasteiger partial charge in [0.15, 0.2) is 0 Å². The van der Waals surface area contributed by atoms with Crippen molar-refractivity contribution in [3.05, 3.63) is 29.8 Å². The van der Waals surface area contributed by atoms with E-state index in [1.165, 1.54) is 0 Å². The Balaban J connectivity index is 1.49. The molecule has 2 aliphatic heterocycles. The average molecular weight is 330 g/mol. The van der Waals surface area contributed by atoms with Gasteiger partial charge >= 0.3 is 0 Å². The summed E-state index contributed by atoms with van der Waals surface area (Å²) in [4.78, 5) is 25.9. The molecule has 0 saturated carbocycles. The number of ether oxygens (including phenoxy) is 1. The molecular formula is C19H26N2O3. The lowest BCUT2D eigenvalue weighted by Gasteiger charge is -2.27. The maximum absolute atomic E-state index is 12.0. The molecule has 1 aromatic rings. The first-order valence-corrected chi connectivity index (χ1v) is 9.00. The molecule has 2 aliphatic rings. The van der Waals surface area contributed by atoms with Crippen molar-refractivity contribution in [3.8, 4) is 0 Å². The minimum Gasteiger partial charge on any atom is -0.378 e. The molecule has 0 bridgehead atoms. The normalized spacial score (nSPS) is 21.1. The van der Waals surface area contributed by atoms with Crippen molar-refractivity contribution < 1.29 is 14.3 Å². The minimum atomic E-state index is 0.0601. The summed E-state index contributed by atoms with van der Waals surface area (Å²) in [6, 6.07) is 7.90. The molecule has 2 fully saturated rings. The number of hydrogen-bond acceptors (Lipinski definition) is 3. The Labute approximate surface area is 143 Å². The van der Waals surface area contributed by atoms with Crippen LogP contribution in [0.25, 0.3) is 0 Å². The molecule has 5 nitrogen and oxygen atoms in total. The third kappa shape index (κ3) is 4.57. The molecule has 24 heavy (non-hydrogen) atoms. The third-order valence-corrected chi connectivity index (χ3v) is 4.75. The molecule has 1 atom stereocenters. The molecule has 0 radical (unpaired) electrons. The highest BCUT2D eigenvalue weighted by atomic mass is 16.5. The summed E-state index contributed by atoms with van der Waals surface area (Å²) >= 11 is 0. The quantitative estimate of drug-likeness (QED) is 0.872. The highest BCUT2D eigenvalue weighted by Gasteiger charge is 2.20. The van der Waals surface area contributed by atoms with E-state index < -0.39 is 0 Å². The molecular weight excluding hydrogens is 304 g/mol. The van der Waals surface area contributed by atoms with Gasteiger partial charge < -0.3 is 15.0 Å². The molecule has 1 N–H and O–H groups in total. The molecule has 2 heterocycles. The van der Waals surface area contributed by atoms with Crippen molar-refractivity contribution >= 4 is 17.5 Å². The molecule has 2 amide bonds. The highest BCUT2D eigenvalue weighted by molar-refractivity contribution is 5.94. The van der Waals surface area contributed by atoms with Crippen LogP contribution in [0.1, 0.15) is 50.5 Å². The van der Waals surface area contributed by atoms with Gasteiger partial charge in [0.25, 0.3) is 0 Å². The van der Waals surface area contributed by atoms with Crippen LogP contribution in [-0.2, 0) is 20.9 Å². The fraction of sp³-hybridized carbons (Fsp3) is 0.579. The fourth-order valence-electron chi connectivity index (χ4n) is 3.37. The van der Waals surface area contributed by atoms with Crippen LogP contribution in [0.4, 0.5) is 5.69 Å². The number of rotatable bonds is 6. The van der Waals surface area contributed by atoms with Crippen LogP contribution < -0.4 is 10.2 Å². The predicted octanol–water partition coefficient (Wildman–Crippen LogP) is 2.78. The topological polar surface area (TPSA) is 58.6 Å². The lowest BCUT2D eigenvalue weighted by molar-refractivity contribution is -0.122. The molecule has 5 heteroatoms. The minimum absolute atomic E-state index is 0.0601. The fourth-order valence-corrected chi connectivity index (χ4v) is 3.37. The number of anilines is 1. The number of carbonyl (C=O) groups excluding carboxylic acids is 2. The number of nitrogens with zero attached hydrogens (tertiary/aromatic N) is 1. The van der Waals surface area contributed by atoms with Crippen molar-refractivity contribution in [2.45, 2.75) is 57.6 Å². The summed E-state index contributed by atoms with van der Waals surface area (Å²) in [6.45, 7) is 2.12. The van der Waals surface area contributed by atoms with Gasteiger partial charge in [-0.05, 0) is 49.8 Å². The van der Waals surface area contributed by atoms with E-state index in [0.29, 0.717) is 19.4 Å². The van der Waals surface area contributed by atoms with E-state index in [-0.39, 0.29) is 17.9 Å². The van der Waals surface area contributed by atoms with E-state index in [9.17, 15) is 9.59 Å². The van der Waals surface area contributed by atoms with Crippen LogP contribution in [0.2, 0.25) is 0 Å². The Kier molecular flexibility index (Phi) is 5.86. The Bertz CT molecular complexity index is 582. The molecule has 3 rings (SSSR count). The second-order valence-corrected chi connectivity index (χ2v) is 6.62. The lowest BCUT2D eigenvalue weighted by atomic mass is 10.1. The van der Waals surface area contributed by atoms with Crippen LogP contribution in [0, 0.1) is 0 Å². The molecule has 0 unspecified atom stereocenters. The first-order chi connectivity index (χ1) is 11.7.